The molecule has 0 aromatic carbocycles. The van der Waals surface area contributed by atoms with Crippen molar-refractivity contribution in [2.45, 2.75) is 154 Å². The van der Waals surface area contributed by atoms with Crippen LogP contribution in [0.2, 0.25) is 0 Å². The minimum absolute atomic E-state index is 0.0234. The van der Waals surface area contributed by atoms with E-state index >= 15 is 0 Å². The lowest BCUT2D eigenvalue weighted by Gasteiger charge is -2.15. The largest absolute Gasteiger partial charge is 0.481 e. The number of unbranched alkanes of at least 4 members (excludes halogenated alkanes) is 14. The lowest BCUT2D eigenvalue weighted by Crippen LogP contribution is -2.36. The number of nitrogens with one attached hydrogen (secondary N) is 3. The van der Waals surface area contributed by atoms with Crippen LogP contribution in [-0.2, 0) is 54.1 Å². The molecule has 0 saturated carbocycles. The molecule has 1 rings (SSSR count). The fourth-order valence-corrected chi connectivity index (χ4v) is 6.58. The van der Waals surface area contributed by atoms with Crippen LogP contribution in [-0.4, -0.2) is 122 Å². The number of carbonyl (C=O) groups excluding carboxylic acids is 5. The van der Waals surface area contributed by atoms with E-state index in [1.165, 1.54) is 64.1 Å². The number of nitrogens with two attached hydrogens (primary N) is 2. The number of carboxylic acids is 1. The first kappa shape index (κ1) is 55.2. The Morgan fingerprint density at radius 2 is 1.13 bits per heavy atom. The second-order valence-electron chi connectivity index (χ2n) is 15.7. The molecule has 0 unspecified atom stereocenters. The Kier molecular flexibility index (Phi) is 35.4. The van der Waals surface area contributed by atoms with Gasteiger partial charge < -0.3 is 51.1 Å². The number of H-pyrrole nitrogens is 1. The highest BCUT2D eigenvalue weighted by Crippen LogP contribution is 2.16. The predicted octanol–water partition coefficient (Wildman–Crippen LogP) is 4.48. The number of carbonyl (C=O) groups is 6. The van der Waals surface area contributed by atoms with Gasteiger partial charge in [-0.1, -0.05) is 83.5 Å². The number of ketones is 2. The van der Waals surface area contributed by atoms with Gasteiger partial charge in [0.2, 0.25) is 17.7 Å². The van der Waals surface area contributed by atoms with Crippen LogP contribution in [0, 0.1) is 5.92 Å². The molecule has 2 atom stereocenters. The number of imidazole rings is 1. The van der Waals surface area contributed by atoms with E-state index in [4.69, 9.17) is 35.5 Å². The third-order valence-electron chi connectivity index (χ3n) is 10.2. The Labute approximate surface area is 363 Å². The maximum Gasteiger partial charge on any atom is 0.303 e. The minimum atomic E-state index is -0.751. The zero-order chi connectivity index (χ0) is 44.6. The first-order valence-corrected chi connectivity index (χ1v) is 22.7. The Bertz CT molecular complexity index is 1300. The first-order valence-electron chi connectivity index (χ1n) is 22.7. The molecule has 0 aliphatic heterocycles. The zero-order valence-electron chi connectivity index (χ0n) is 36.8. The smallest absolute Gasteiger partial charge is 0.303 e. The molecule has 0 saturated heterocycles. The molecular formula is C44H78N6O11. The summed E-state index contributed by atoms with van der Waals surface area (Å²) >= 11 is 0. The Morgan fingerprint density at radius 1 is 0.623 bits per heavy atom. The maximum absolute atomic E-state index is 12.5. The second kappa shape index (κ2) is 39.1. The van der Waals surface area contributed by atoms with Crippen molar-refractivity contribution in [3.63, 3.8) is 0 Å². The normalized spacial score (nSPS) is 12.2. The summed E-state index contributed by atoms with van der Waals surface area (Å²) in [6, 6.07) is -0.751. The number of primary amides is 1. The molecule has 17 nitrogen and oxygen atoms in total. The molecule has 0 aliphatic rings. The number of aromatic amines is 1. The molecule has 1 aromatic heterocycles. The van der Waals surface area contributed by atoms with Gasteiger partial charge in [-0.25, -0.2) is 4.98 Å². The van der Waals surface area contributed by atoms with Gasteiger partial charge in [0.1, 0.15) is 19.0 Å². The van der Waals surface area contributed by atoms with Crippen LogP contribution in [0.1, 0.15) is 147 Å². The maximum atomic E-state index is 12.5. The molecule has 1 aromatic rings. The lowest BCUT2D eigenvalue weighted by molar-refractivity contribution is -0.137. The molecule has 17 heteroatoms. The van der Waals surface area contributed by atoms with Gasteiger partial charge >= 0.3 is 5.97 Å². The Hall–Kier alpha value is -3.77. The highest BCUT2D eigenvalue weighted by Gasteiger charge is 2.23. The third-order valence-corrected chi connectivity index (χ3v) is 10.2. The molecule has 0 spiro atoms. The molecule has 0 radical (unpaired) electrons. The van der Waals surface area contributed by atoms with Crippen LogP contribution in [0.3, 0.4) is 0 Å². The van der Waals surface area contributed by atoms with E-state index in [9.17, 15) is 28.8 Å². The van der Waals surface area contributed by atoms with Gasteiger partial charge in [-0.3, -0.25) is 28.8 Å². The number of aliphatic carboxylic acids is 1. The molecular weight excluding hydrogens is 789 g/mol. The van der Waals surface area contributed by atoms with E-state index in [1.54, 1.807) is 6.20 Å². The molecule has 61 heavy (non-hydrogen) atoms. The molecule has 0 bridgehead atoms. The zero-order valence-corrected chi connectivity index (χ0v) is 36.8. The van der Waals surface area contributed by atoms with E-state index in [2.05, 4.69) is 20.6 Å². The summed E-state index contributed by atoms with van der Waals surface area (Å²) in [6.45, 7) is 2.34. The van der Waals surface area contributed by atoms with Gasteiger partial charge in [-0.15, -0.1) is 0 Å². The molecule has 350 valence electrons. The van der Waals surface area contributed by atoms with Gasteiger partial charge in [0.05, 0.1) is 45.4 Å². The van der Waals surface area contributed by atoms with Gasteiger partial charge in [0, 0.05) is 69.6 Å². The summed E-state index contributed by atoms with van der Waals surface area (Å²) in [6.07, 6.45) is 23.5. The van der Waals surface area contributed by atoms with Crippen LogP contribution < -0.4 is 22.1 Å². The highest BCUT2D eigenvalue weighted by molar-refractivity contribution is 5.89. The van der Waals surface area contributed by atoms with Gasteiger partial charge in [0.25, 0.3) is 0 Å². The number of rotatable bonds is 45. The molecule has 0 aliphatic carbocycles. The van der Waals surface area contributed by atoms with Crippen molar-refractivity contribution in [2.75, 3.05) is 65.9 Å². The lowest BCUT2D eigenvalue weighted by atomic mass is 9.92. The van der Waals surface area contributed by atoms with Crippen molar-refractivity contribution in [1.82, 2.24) is 20.6 Å². The topological polar surface area (TPSA) is 264 Å². The van der Waals surface area contributed by atoms with Crippen LogP contribution >= 0.6 is 0 Å². The number of nitrogens with zero attached hydrogens (tertiary/aromatic N) is 1. The summed E-state index contributed by atoms with van der Waals surface area (Å²) in [7, 11) is 0. The second-order valence-corrected chi connectivity index (χ2v) is 15.7. The Balaban J connectivity index is 1.83. The highest BCUT2D eigenvalue weighted by atomic mass is 16.5. The standard InChI is InChI=1S/C44H78N6O11/c45-39(31-37-32-47-35-50-37)40(52)30-36(44(46)57)18-15-16-22-48-41(53)33-61-29-27-59-25-23-49-42(54)34-60-28-26-58-24-17-20-38(51)19-13-11-9-7-5-3-1-2-4-6-8-10-12-14-21-43(55)56/h32,35-36,39H,1-31,33-34,45H2,(H2,46,57)(H,47,50)(H,48,53)(H,49,54)(H,55,56)/t36-,39+/m1/s1. The molecule has 8 N–H and O–H groups in total. The van der Waals surface area contributed by atoms with Crippen LogP contribution in [0.5, 0.6) is 0 Å². The average Bonchev–Trinajstić information content (AvgIpc) is 3.74. The van der Waals surface area contributed by atoms with E-state index in [1.807, 2.05) is 0 Å². The fourth-order valence-electron chi connectivity index (χ4n) is 6.58. The van der Waals surface area contributed by atoms with E-state index in [0.717, 1.165) is 37.8 Å². The first-order chi connectivity index (χ1) is 29.6. The molecule has 0 fully saturated rings. The number of hydrogen-bond donors (Lipinski definition) is 6. The van der Waals surface area contributed by atoms with Crippen molar-refractivity contribution in [1.29, 1.82) is 0 Å². The number of hydrogen-bond acceptors (Lipinski definition) is 12. The molecule has 1 heterocycles. The summed E-state index contributed by atoms with van der Waals surface area (Å²) < 4.78 is 21.6. The quantitative estimate of drug-likeness (QED) is 0.0495. The third kappa shape index (κ3) is 35.5. The summed E-state index contributed by atoms with van der Waals surface area (Å²) in [5.74, 6) is -2.36. The van der Waals surface area contributed by atoms with Crippen molar-refractivity contribution < 1.29 is 52.8 Å². The summed E-state index contributed by atoms with van der Waals surface area (Å²) in [5.41, 5.74) is 12.2. The van der Waals surface area contributed by atoms with Crippen molar-refractivity contribution in [3.05, 3.63) is 18.2 Å². The van der Waals surface area contributed by atoms with Gasteiger partial charge in [-0.05, 0) is 32.1 Å². The molecule has 3 amide bonds. The van der Waals surface area contributed by atoms with Crippen molar-refractivity contribution in [2.24, 2.45) is 17.4 Å². The minimum Gasteiger partial charge on any atom is -0.481 e. The van der Waals surface area contributed by atoms with Gasteiger partial charge in [0.15, 0.2) is 5.78 Å². The monoisotopic (exact) mass is 867 g/mol. The van der Waals surface area contributed by atoms with Gasteiger partial charge in [-0.2, -0.15) is 0 Å². The number of ether oxygens (including phenoxy) is 4. The Morgan fingerprint density at radius 3 is 1.67 bits per heavy atom. The van der Waals surface area contributed by atoms with E-state index in [0.29, 0.717) is 77.7 Å². The summed E-state index contributed by atoms with van der Waals surface area (Å²) in [4.78, 5) is 77.7. The van der Waals surface area contributed by atoms with Crippen LogP contribution in [0.4, 0.5) is 0 Å². The summed E-state index contributed by atoms with van der Waals surface area (Å²) in [5, 5.41) is 14.1. The van der Waals surface area contributed by atoms with E-state index < -0.39 is 23.8 Å². The van der Waals surface area contributed by atoms with E-state index in [-0.39, 0.29) is 69.4 Å². The fraction of sp³-hybridized carbons (Fsp3) is 0.795. The number of carboxylic acid groups (broad SMARTS) is 1. The average molecular weight is 867 g/mol. The van der Waals surface area contributed by atoms with Crippen molar-refractivity contribution >= 4 is 35.3 Å². The SMILES string of the molecule is NC(=O)[C@H](CCCCNC(=O)COCCOCCNC(=O)COCCOCCCC(=O)CCCCCCCCCCCCCCCCC(=O)O)CC(=O)[C@@H](N)Cc1cnc[nH]1. The number of Topliss-reactive ketones (excluding diaryl/α,β-unsaturated/α-hetero) is 2. The predicted molar refractivity (Wildman–Crippen MR) is 231 cm³/mol. The number of amides is 3. The van der Waals surface area contributed by atoms with Crippen molar-refractivity contribution in [3.8, 4) is 0 Å². The van der Waals surface area contributed by atoms with Crippen LogP contribution in [0.15, 0.2) is 12.5 Å². The van der Waals surface area contributed by atoms with Crippen LogP contribution in [0.25, 0.3) is 0 Å². The number of aromatic nitrogens is 2.